The summed E-state index contributed by atoms with van der Waals surface area (Å²) in [6.07, 6.45) is 11.8. The van der Waals surface area contributed by atoms with Gasteiger partial charge in [-0.15, -0.1) is 0 Å². The molecule has 0 spiro atoms. The zero-order valence-electron chi connectivity index (χ0n) is 19.9. The average molecular weight is 489 g/mol. The Morgan fingerprint density at radius 2 is 1.59 bits per heavy atom. The lowest BCUT2D eigenvalue weighted by atomic mass is 9.73. The number of carbonyl (C=O) groups excluding carboxylic acids is 5. The second-order valence-electron chi connectivity index (χ2n) is 8.72. The minimum absolute atomic E-state index is 0.00225. The smallest absolute Gasteiger partial charge is 0.373 e. The number of hydrogen-bond donors (Lipinski definition) is 0. The third-order valence-electron chi connectivity index (χ3n) is 5.83. The summed E-state index contributed by atoms with van der Waals surface area (Å²) in [5.74, 6) is 1.05. The molecule has 0 aromatic rings. The summed E-state index contributed by atoms with van der Waals surface area (Å²) >= 11 is 0. The van der Waals surface area contributed by atoms with E-state index in [0.717, 1.165) is 32.1 Å². The molecule has 8 heteroatoms. The maximum Gasteiger partial charge on any atom is 0.373 e. The molecule has 6 nitrogen and oxygen atoms in total. The molecule has 1 aliphatic rings. The van der Waals surface area contributed by atoms with Crippen LogP contribution in [-0.2, 0) is 28.7 Å². The van der Waals surface area contributed by atoms with Crippen LogP contribution in [0.5, 0.6) is 0 Å². The van der Waals surface area contributed by atoms with Crippen molar-refractivity contribution in [1.82, 2.24) is 0 Å². The lowest BCUT2D eigenvalue weighted by Crippen LogP contribution is -2.22. The second kappa shape index (κ2) is 19.4. The monoisotopic (exact) mass is 488 g/mol. The van der Waals surface area contributed by atoms with Crippen LogP contribution in [0.3, 0.4) is 0 Å². The predicted molar refractivity (Wildman–Crippen MR) is 129 cm³/mol. The largest absolute Gasteiger partial charge is 0.465 e. The zero-order chi connectivity index (χ0) is 24.2. The minimum atomic E-state index is -0.109. The fraction of sp³-hybridized carbons (Fsp3) is 0.833. The third-order valence-corrected chi connectivity index (χ3v) is 8.12. The summed E-state index contributed by atoms with van der Waals surface area (Å²) in [6.45, 7) is 6.83. The molecule has 0 N–H and O–H groups in total. The molecule has 0 amide bonds. The van der Waals surface area contributed by atoms with Gasteiger partial charge in [0, 0.05) is 18.1 Å². The standard InChI is InChI=1S/C23H40O4S2.CO2/c1-4-9-19(10-5-2)21(25)17-20(24)18-29-28-16-15-27-22(26)11-14-23(3)12-7-6-8-13-23;2-1-3/h19H,4-18H2,1-3H3;. The van der Waals surface area contributed by atoms with Crippen LogP contribution in [0.1, 0.15) is 97.8 Å². The molecule has 1 aliphatic carbocycles. The summed E-state index contributed by atoms with van der Waals surface area (Å²) in [4.78, 5) is 52.5. The van der Waals surface area contributed by atoms with Gasteiger partial charge in [-0.2, -0.15) is 9.59 Å². The lowest BCUT2D eigenvalue weighted by Gasteiger charge is -2.33. The van der Waals surface area contributed by atoms with Crippen LogP contribution in [0.2, 0.25) is 0 Å². The number of esters is 1. The van der Waals surface area contributed by atoms with E-state index in [1.54, 1.807) is 0 Å². The number of carbonyl (C=O) groups is 3. The van der Waals surface area contributed by atoms with Gasteiger partial charge in [-0.1, -0.05) is 74.5 Å². The molecule has 1 fully saturated rings. The highest BCUT2D eigenvalue weighted by molar-refractivity contribution is 8.76. The first-order valence-electron chi connectivity index (χ1n) is 11.8. The van der Waals surface area contributed by atoms with E-state index in [1.807, 2.05) is 0 Å². The van der Waals surface area contributed by atoms with Gasteiger partial charge in [0.2, 0.25) is 0 Å². The maximum absolute atomic E-state index is 12.2. The van der Waals surface area contributed by atoms with Crippen molar-refractivity contribution in [3.8, 4) is 0 Å². The Balaban J connectivity index is 0.00000302. The average Bonchev–Trinajstić information content (AvgIpc) is 2.75. The van der Waals surface area contributed by atoms with Crippen molar-refractivity contribution in [3.63, 3.8) is 0 Å². The molecule has 32 heavy (non-hydrogen) atoms. The predicted octanol–water partition coefficient (Wildman–Crippen LogP) is 5.82. The summed E-state index contributed by atoms with van der Waals surface area (Å²) in [5.41, 5.74) is 0.312. The number of ether oxygens (including phenoxy) is 1. The van der Waals surface area contributed by atoms with Crippen molar-refractivity contribution >= 4 is 45.3 Å². The molecule has 184 valence electrons. The Morgan fingerprint density at radius 3 is 2.16 bits per heavy atom. The molecule has 0 aliphatic heterocycles. The maximum atomic E-state index is 12.2. The van der Waals surface area contributed by atoms with Gasteiger partial charge in [0.25, 0.3) is 0 Å². The molecular weight excluding hydrogens is 448 g/mol. The van der Waals surface area contributed by atoms with E-state index in [1.165, 1.54) is 53.7 Å². The summed E-state index contributed by atoms with van der Waals surface area (Å²) < 4.78 is 5.32. The summed E-state index contributed by atoms with van der Waals surface area (Å²) in [6, 6.07) is 0. The van der Waals surface area contributed by atoms with E-state index in [9.17, 15) is 14.4 Å². The molecule has 1 rings (SSSR count). The Hall–Kier alpha value is -1.11. The Bertz CT molecular complexity index is 575. The molecule has 0 bridgehead atoms. The van der Waals surface area contributed by atoms with E-state index in [-0.39, 0.29) is 36.0 Å². The van der Waals surface area contributed by atoms with Crippen LogP contribution < -0.4 is 0 Å². The number of rotatable bonds is 16. The van der Waals surface area contributed by atoms with Gasteiger partial charge in [-0.25, -0.2) is 0 Å². The molecule has 0 aromatic carbocycles. The molecule has 0 radical (unpaired) electrons. The number of hydrogen-bond acceptors (Lipinski definition) is 8. The molecule has 0 atom stereocenters. The van der Waals surface area contributed by atoms with Crippen molar-refractivity contribution in [1.29, 1.82) is 0 Å². The van der Waals surface area contributed by atoms with E-state index in [0.29, 0.717) is 29.9 Å². The highest BCUT2D eigenvalue weighted by Crippen LogP contribution is 2.39. The highest BCUT2D eigenvalue weighted by Gasteiger charge is 2.27. The van der Waals surface area contributed by atoms with Crippen molar-refractivity contribution in [2.45, 2.75) is 97.8 Å². The molecule has 0 heterocycles. The first-order valence-corrected chi connectivity index (χ1v) is 14.2. The third kappa shape index (κ3) is 15.7. The van der Waals surface area contributed by atoms with Gasteiger partial charge in [-0.05, 0) is 37.5 Å². The van der Waals surface area contributed by atoms with Crippen molar-refractivity contribution in [2.24, 2.45) is 11.3 Å². The van der Waals surface area contributed by atoms with E-state index in [2.05, 4.69) is 20.8 Å². The van der Waals surface area contributed by atoms with E-state index in [4.69, 9.17) is 14.3 Å². The van der Waals surface area contributed by atoms with Crippen molar-refractivity contribution in [2.75, 3.05) is 18.1 Å². The molecule has 1 saturated carbocycles. The first-order chi connectivity index (χ1) is 15.3. The van der Waals surface area contributed by atoms with Gasteiger partial charge in [0.1, 0.15) is 12.4 Å². The molecular formula is C24H40O6S2. The molecule has 0 saturated heterocycles. The first kappa shape index (κ1) is 30.9. The quantitative estimate of drug-likeness (QED) is 0.116. The lowest BCUT2D eigenvalue weighted by molar-refractivity contribution is -0.191. The molecule has 0 unspecified atom stereocenters. The topological polar surface area (TPSA) is 94.6 Å². The van der Waals surface area contributed by atoms with E-state index < -0.39 is 0 Å². The van der Waals surface area contributed by atoms with Crippen LogP contribution in [0.4, 0.5) is 0 Å². The van der Waals surface area contributed by atoms with Gasteiger partial charge < -0.3 is 4.74 Å². The van der Waals surface area contributed by atoms with Crippen LogP contribution in [0, 0.1) is 11.3 Å². The summed E-state index contributed by atoms with van der Waals surface area (Å²) in [5, 5.41) is 0. The second-order valence-corrected chi connectivity index (χ2v) is 11.3. The van der Waals surface area contributed by atoms with Gasteiger partial charge in [0.15, 0.2) is 5.78 Å². The van der Waals surface area contributed by atoms with Crippen LogP contribution in [0.25, 0.3) is 0 Å². The number of Topliss-reactive ketones (excluding diaryl/α,β-unsaturated/α-hetero) is 2. The van der Waals surface area contributed by atoms with Gasteiger partial charge in [-0.3, -0.25) is 14.4 Å². The fourth-order valence-corrected chi connectivity index (χ4v) is 5.83. The van der Waals surface area contributed by atoms with Crippen molar-refractivity contribution in [3.05, 3.63) is 0 Å². The Kier molecular flexibility index (Phi) is 18.7. The Morgan fingerprint density at radius 1 is 1.00 bits per heavy atom. The SMILES string of the molecule is CCCC(CCC)C(=O)CC(=O)CSSCCOC(=O)CCC1(C)CCCCC1.O=C=O. The van der Waals surface area contributed by atoms with Gasteiger partial charge in [0.05, 0.1) is 12.2 Å². The fourth-order valence-electron chi connectivity index (χ4n) is 4.04. The van der Waals surface area contributed by atoms with Gasteiger partial charge >= 0.3 is 12.1 Å². The minimum Gasteiger partial charge on any atom is -0.465 e. The van der Waals surface area contributed by atoms with Crippen molar-refractivity contribution < 1.29 is 28.7 Å². The van der Waals surface area contributed by atoms with Crippen LogP contribution >= 0.6 is 21.6 Å². The van der Waals surface area contributed by atoms with Crippen LogP contribution in [0.15, 0.2) is 0 Å². The highest BCUT2D eigenvalue weighted by atomic mass is 33.1. The summed E-state index contributed by atoms with van der Waals surface area (Å²) in [7, 11) is 2.98. The Labute approximate surface area is 201 Å². The van der Waals surface area contributed by atoms with Crippen LogP contribution in [-0.4, -0.2) is 41.8 Å². The zero-order valence-corrected chi connectivity index (χ0v) is 21.6. The normalized spacial score (nSPS) is 14.8. The van der Waals surface area contributed by atoms with E-state index >= 15 is 0 Å². The molecule has 0 aromatic heterocycles. The number of ketones is 2.